The fourth-order valence-corrected chi connectivity index (χ4v) is 4.24. The molecule has 3 aromatic rings. The molecule has 0 radical (unpaired) electrons. The number of nitrogens with zero attached hydrogens (tertiary/aromatic N) is 3. The van der Waals surface area contributed by atoms with E-state index >= 15 is 0 Å². The molecular formula is C28H33N5O3. The lowest BCUT2D eigenvalue weighted by atomic mass is 10.1. The maximum absolute atomic E-state index is 6.21. The van der Waals surface area contributed by atoms with Gasteiger partial charge in [0.05, 0.1) is 25.5 Å². The predicted octanol–water partition coefficient (Wildman–Crippen LogP) is 4.03. The van der Waals surface area contributed by atoms with Gasteiger partial charge in [0.1, 0.15) is 18.1 Å². The Labute approximate surface area is 212 Å². The van der Waals surface area contributed by atoms with E-state index in [9.17, 15) is 0 Å². The number of hydrogen-bond acceptors (Lipinski definition) is 8. The minimum atomic E-state index is 0.544. The molecule has 0 unspecified atom stereocenters. The van der Waals surface area contributed by atoms with E-state index < -0.39 is 0 Å². The lowest BCUT2D eigenvalue weighted by Crippen LogP contribution is -2.38. The van der Waals surface area contributed by atoms with Gasteiger partial charge in [-0.3, -0.25) is 4.90 Å². The number of anilines is 2. The highest BCUT2D eigenvalue weighted by molar-refractivity contribution is 5.64. The van der Waals surface area contributed by atoms with Crippen LogP contribution in [0, 0.1) is 0 Å². The maximum Gasteiger partial charge on any atom is 0.227 e. The van der Waals surface area contributed by atoms with Gasteiger partial charge < -0.3 is 24.8 Å². The summed E-state index contributed by atoms with van der Waals surface area (Å²) in [5.41, 5.74) is 3.83. The molecule has 2 N–H and O–H groups in total. The lowest BCUT2D eigenvalue weighted by Gasteiger charge is -2.26. The molecule has 1 saturated heterocycles. The number of fused-ring (bicyclic) bond motifs is 7. The normalized spacial score (nSPS) is 16.8. The van der Waals surface area contributed by atoms with Crippen molar-refractivity contribution in [3.63, 3.8) is 0 Å². The zero-order valence-corrected chi connectivity index (χ0v) is 20.5. The van der Waals surface area contributed by atoms with Crippen molar-refractivity contribution in [1.29, 1.82) is 0 Å². The van der Waals surface area contributed by atoms with Gasteiger partial charge in [-0.2, -0.15) is 0 Å². The van der Waals surface area contributed by atoms with E-state index in [0.717, 1.165) is 79.8 Å². The average molecular weight is 488 g/mol. The zero-order valence-electron chi connectivity index (χ0n) is 20.5. The maximum atomic E-state index is 6.21. The molecule has 2 aromatic carbocycles. The van der Waals surface area contributed by atoms with Crippen LogP contribution in [-0.4, -0.2) is 67.5 Å². The van der Waals surface area contributed by atoms with Gasteiger partial charge in [0.2, 0.25) is 5.95 Å². The van der Waals surface area contributed by atoms with E-state index in [4.69, 9.17) is 19.2 Å². The summed E-state index contributed by atoms with van der Waals surface area (Å²) in [5.74, 6) is 2.27. The van der Waals surface area contributed by atoms with Gasteiger partial charge in [0.25, 0.3) is 0 Å². The van der Waals surface area contributed by atoms with Crippen LogP contribution in [-0.2, 0) is 11.3 Å². The van der Waals surface area contributed by atoms with Crippen LogP contribution in [0.4, 0.5) is 11.6 Å². The van der Waals surface area contributed by atoms with Crippen molar-refractivity contribution in [1.82, 2.24) is 20.2 Å². The van der Waals surface area contributed by atoms with Crippen LogP contribution >= 0.6 is 0 Å². The highest BCUT2D eigenvalue weighted by atomic mass is 16.5. The summed E-state index contributed by atoms with van der Waals surface area (Å²) in [6.07, 6.45) is 6.91. The molecule has 0 aliphatic carbocycles. The molecule has 6 bridgehead atoms. The minimum Gasteiger partial charge on any atom is -0.493 e. The van der Waals surface area contributed by atoms with E-state index in [1.807, 2.05) is 42.5 Å². The zero-order chi connectivity index (χ0) is 24.4. The highest BCUT2D eigenvalue weighted by Crippen LogP contribution is 2.27. The first kappa shape index (κ1) is 24.2. The molecular weight excluding hydrogens is 454 g/mol. The van der Waals surface area contributed by atoms with E-state index in [0.29, 0.717) is 25.7 Å². The van der Waals surface area contributed by atoms with Crippen molar-refractivity contribution in [2.24, 2.45) is 0 Å². The van der Waals surface area contributed by atoms with Gasteiger partial charge in [-0.1, -0.05) is 24.3 Å². The highest BCUT2D eigenvalue weighted by Gasteiger charge is 2.12. The van der Waals surface area contributed by atoms with E-state index in [1.165, 1.54) is 0 Å². The second-order valence-electron chi connectivity index (χ2n) is 8.78. The second-order valence-corrected chi connectivity index (χ2v) is 8.78. The Morgan fingerprint density at radius 1 is 1.00 bits per heavy atom. The van der Waals surface area contributed by atoms with Gasteiger partial charge in [0, 0.05) is 55.7 Å². The van der Waals surface area contributed by atoms with Crippen LogP contribution in [0.3, 0.4) is 0 Å². The summed E-state index contributed by atoms with van der Waals surface area (Å²) in [7, 11) is 0. The first-order valence-corrected chi connectivity index (χ1v) is 12.6. The average Bonchev–Trinajstić information content (AvgIpc) is 2.92. The van der Waals surface area contributed by atoms with Crippen molar-refractivity contribution >= 4 is 11.6 Å². The molecule has 3 heterocycles. The molecule has 2 aliphatic heterocycles. The monoisotopic (exact) mass is 487 g/mol. The number of hydrogen-bond donors (Lipinski definition) is 2. The molecule has 5 rings (SSSR count). The number of ether oxygens (including phenoxy) is 3. The van der Waals surface area contributed by atoms with Gasteiger partial charge >= 0.3 is 0 Å². The van der Waals surface area contributed by atoms with E-state index in [1.54, 1.807) is 6.20 Å². The SMILES string of the molecule is C1=CCNCc2cc(ccc2OCCN2CCOCC2)Nc2nccc(n2)-c2cccc(c2)OCC1. The number of rotatable bonds is 4. The smallest absolute Gasteiger partial charge is 0.227 e. The van der Waals surface area contributed by atoms with Gasteiger partial charge in [-0.15, -0.1) is 0 Å². The third-order valence-electron chi connectivity index (χ3n) is 6.17. The van der Waals surface area contributed by atoms with Crippen LogP contribution in [0.2, 0.25) is 0 Å². The van der Waals surface area contributed by atoms with Crippen LogP contribution in [0.25, 0.3) is 11.3 Å². The lowest BCUT2D eigenvalue weighted by molar-refractivity contribution is 0.0322. The first-order valence-electron chi connectivity index (χ1n) is 12.6. The predicted molar refractivity (Wildman–Crippen MR) is 141 cm³/mol. The Morgan fingerprint density at radius 3 is 2.89 bits per heavy atom. The molecule has 2 aliphatic rings. The third-order valence-corrected chi connectivity index (χ3v) is 6.17. The summed E-state index contributed by atoms with van der Waals surface area (Å²) in [4.78, 5) is 11.5. The van der Waals surface area contributed by atoms with Crippen LogP contribution in [0.5, 0.6) is 11.5 Å². The number of morpholine rings is 1. The Bertz CT molecular complexity index is 1160. The standard InChI is InChI=1S/C28H33N5O3/c1-2-10-29-21-23-19-24(7-8-27(23)36-18-14-33-12-16-34-17-13-33)31-28-30-11-9-26(32-28)22-5-4-6-25(20-22)35-15-3-1/h1-2,4-9,11,19-20,29H,3,10,12-18,21H2,(H,30,31,32). The molecule has 36 heavy (non-hydrogen) atoms. The molecule has 0 saturated carbocycles. The van der Waals surface area contributed by atoms with Gasteiger partial charge in [0.15, 0.2) is 0 Å². The van der Waals surface area contributed by atoms with Crippen molar-refractivity contribution in [3.8, 4) is 22.8 Å². The topological polar surface area (TPSA) is 80.8 Å². The molecule has 1 fully saturated rings. The van der Waals surface area contributed by atoms with Crippen molar-refractivity contribution in [3.05, 3.63) is 72.4 Å². The van der Waals surface area contributed by atoms with Gasteiger partial charge in [-0.25, -0.2) is 9.97 Å². The van der Waals surface area contributed by atoms with Crippen LogP contribution in [0.15, 0.2) is 66.9 Å². The molecule has 188 valence electrons. The van der Waals surface area contributed by atoms with Crippen molar-refractivity contribution in [2.75, 3.05) is 57.9 Å². The Kier molecular flexibility index (Phi) is 8.41. The molecule has 8 heteroatoms. The number of nitrogens with one attached hydrogen (secondary N) is 2. The molecule has 0 spiro atoms. The Balaban J connectivity index is 1.35. The van der Waals surface area contributed by atoms with Crippen molar-refractivity contribution < 1.29 is 14.2 Å². The number of benzene rings is 2. The van der Waals surface area contributed by atoms with E-state index in [2.05, 4.69) is 38.7 Å². The summed E-state index contributed by atoms with van der Waals surface area (Å²) in [6.45, 7) is 7.13. The third kappa shape index (κ3) is 6.81. The van der Waals surface area contributed by atoms with Gasteiger partial charge in [-0.05, 0) is 42.8 Å². The second kappa shape index (κ2) is 12.5. The molecule has 1 aromatic heterocycles. The quantitative estimate of drug-likeness (QED) is 0.534. The summed E-state index contributed by atoms with van der Waals surface area (Å²) >= 11 is 0. The largest absolute Gasteiger partial charge is 0.493 e. The summed E-state index contributed by atoms with van der Waals surface area (Å²) in [5, 5.41) is 6.85. The molecule has 0 atom stereocenters. The fourth-order valence-electron chi connectivity index (χ4n) is 4.24. The summed E-state index contributed by atoms with van der Waals surface area (Å²) in [6, 6.07) is 16.1. The van der Waals surface area contributed by atoms with Crippen LogP contribution in [0.1, 0.15) is 12.0 Å². The van der Waals surface area contributed by atoms with Crippen LogP contribution < -0.4 is 20.1 Å². The summed E-state index contributed by atoms with van der Waals surface area (Å²) < 4.78 is 17.6. The molecule has 8 nitrogen and oxygen atoms in total. The Morgan fingerprint density at radius 2 is 1.94 bits per heavy atom. The Hall–Kier alpha value is -3.46. The van der Waals surface area contributed by atoms with E-state index in [-0.39, 0.29) is 0 Å². The van der Waals surface area contributed by atoms with Crippen molar-refractivity contribution in [2.45, 2.75) is 13.0 Å². The molecule has 0 amide bonds. The fraction of sp³-hybridized carbons (Fsp3) is 0.357. The number of aromatic nitrogens is 2. The first-order chi connectivity index (χ1) is 17.8. The minimum absolute atomic E-state index is 0.544.